The summed E-state index contributed by atoms with van der Waals surface area (Å²) in [6.45, 7) is 1.98. The number of hydrogen-bond donors (Lipinski definition) is 0. The highest BCUT2D eigenvalue weighted by Gasteiger charge is 2.24. The Hall–Kier alpha value is -1.67. The lowest BCUT2D eigenvalue weighted by Crippen LogP contribution is -2.31. The zero-order valence-corrected chi connectivity index (χ0v) is 9.59. The van der Waals surface area contributed by atoms with Crippen LogP contribution in [0.2, 0.25) is 0 Å². The van der Waals surface area contributed by atoms with Crippen LogP contribution in [0.5, 0.6) is 0 Å². The molecule has 1 aliphatic heterocycles. The highest BCUT2D eigenvalue weighted by molar-refractivity contribution is 5.40. The van der Waals surface area contributed by atoms with Crippen LogP contribution < -0.4 is 4.90 Å². The summed E-state index contributed by atoms with van der Waals surface area (Å²) >= 11 is 0. The van der Waals surface area contributed by atoms with Crippen LogP contribution in [0.1, 0.15) is 12.1 Å². The molecule has 0 amide bonds. The molecule has 1 atom stereocenters. The Bertz CT molecular complexity index is 392. The van der Waals surface area contributed by atoms with E-state index in [1.165, 1.54) is 0 Å². The standard InChI is InChI=1S/C11H15N5/c1-15(2)10-5-6-16(8-10)11-4-3-9(7-12)13-14-11/h3-4,10H,5-6,8H2,1-2H3/t10-/m0/s1. The predicted molar refractivity (Wildman–Crippen MR) is 61.1 cm³/mol. The SMILES string of the molecule is CN(C)[C@H]1CCN(c2ccc(C#N)nn2)C1. The molecular formula is C11H15N5. The molecule has 5 nitrogen and oxygen atoms in total. The van der Waals surface area contributed by atoms with Gasteiger partial charge in [-0.3, -0.25) is 0 Å². The van der Waals surface area contributed by atoms with E-state index < -0.39 is 0 Å². The van der Waals surface area contributed by atoms with Crippen LogP contribution >= 0.6 is 0 Å². The number of nitrogens with zero attached hydrogens (tertiary/aromatic N) is 5. The molecular weight excluding hydrogens is 202 g/mol. The van der Waals surface area contributed by atoms with Crippen LogP contribution in [-0.2, 0) is 0 Å². The summed E-state index contributed by atoms with van der Waals surface area (Å²) < 4.78 is 0. The van der Waals surface area contributed by atoms with Crippen molar-refractivity contribution >= 4 is 5.82 Å². The van der Waals surface area contributed by atoms with Crippen molar-refractivity contribution < 1.29 is 0 Å². The highest BCUT2D eigenvalue weighted by atomic mass is 15.3. The van der Waals surface area contributed by atoms with Gasteiger partial charge in [-0.15, -0.1) is 10.2 Å². The first-order valence-corrected chi connectivity index (χ1v) is 5.36. The average Bonchev–Trinajstić information content (AvgIpc) is 2.78. The smallest absolute Gasteiger partial charge is 0.163 e. The van der Waals surface area contributed by atoms with Crippen molar-refractivity contribution in [2.75, 3.05) is 32.1 Å². The number of nitriles is 1. The molecule has 0 aliphatic carbocycles. The van der Waals surface area contributed by atoms with E-state index in [-0.39, 0.29) is 0 Å². The highest BCUT2D eigenvalue weighted by Crippen LogP contribution is 2.19. The van der Waals surface area contributed by atoms with Crippen molar-refractivity contribution in [2.45, 2.75) is 12.5 Å². The van der Waals surface area contributed by atoms with Gasteiger partial charge in [0.25, 0.3) is 0 Å². The Labute approximate surface area is 95.3 Å². The Morgan fingerprint density at radius 1 is 1.44 bits per heavy atom. The second kappa shape index (κ2) is 4.45. The van der Waals surface area contributed by atoms with E-state index in [9.17, 15) is 0 Å². The molecule has 0 spiro atoms. The van der Waals surface area contributed by atoms with E-state index in [4.69, 9.17) is 5.26 Å². The van der Waals surface area contributed by atoms with E-state index in [1.807, 2.05) is 12.1 Å². The zero-order valence-electron chi connectivity index (χ0n) is 9.59. The molecule has 5 heteroatoms. The number of aromatic nitrogens is 2. The molecule has 1 fully saturated rings. The molecule has 0 aromatic carbocycles. The van der Waals surface area contributed by atoms with Crippen molar-refractivity contribution in [2.24, 2.45) is 0 Å². The molecule has 0 unspecified atom stereocenters. The first-order chi connectivity index (χ1) is 7.70. The molecule has 1 saturated heterocycles. The molecule has 0 radical (unpaired) electrons. The van der Waals surface area contributed by atoms with Crippen LogP contribution in [0.15, 0.2) is 12.1 Å². The summed E-state index contributed by atoms with van der Waals surface area (Å²) in [6, 6.07) is 6.13. The molecule has 0 bridgehead atoms. The van der Waals surface area contributed by atoms with Crippen molar-refractivity contribution in [3.63, 3.8) is 0 Å². The minimum Gasteiger partial charge on any atom is -0.354 e. The fourth-order valence-corrected chi connectivity index (χ4v) is 1.92. The van der Waals surface area contributed by atoms with Gasteiger partial charge in [0.15, 0.2) is 11.5 Å². The first-order valence-electron chi connectivity index (χ1n) is 5.36. The third kappa shape index (κ3) is 2.12. The van der Waals surface area contributed by atoms with Gasteiger partial charge in [-0.2, -0.15) is 5.26 Å². The maximum atomic E-state index is 8.64. The summed E-state index contributed by atoms with van der Waals surface area (Å²) in [5.74, 6) is 0.864. The molecule has 1 aromatic rings. The number of rotatable bonds is 2. The third-order valence-corrected chi connectivity index (χ3v) is 2.98. The van der Waals surface area contributed by atoms with E-state index in [0.717, 1.165) is 25.3 Å². The van der Waals surface area contributed by atoms with Crippen LogP contribution in [0.4, 0.5) is 5.82 Å². The summed E-state index contributed by atoms with van der Waals surface area (Å²) in [5.41, 5.74) is 0.368. The van der Waals surface area contributed by atoms with Crippen molar-refractivity contribution in [1.29, 1.82) is 5.26 Å². The normalized spacial score (nSPS) is 20.1. The summed E-state index contributed by atoms with van der Waals surface area (Å²) in [6.07, 6.45) is 1.15. The van der Waals surface area contributed by atoms with E-state index >= 15 is 0 Å². The zero-order chi connectivity index (χ0) is 11.5. The van der Waals surface area contributed by atoms with Gasteiger partial charge in [0.2, 0.25) is 0 Å². The maximum Gasteiger partial charge on any atom is 0.163 e. The lowest BCUT2D eigenvalue weighted by atomic mass is 10.2. The number of anilines is 1. The number of hydrogen-bond acceptors (Lipinski definition) is 5. The number of likely N-dealkylation sites (N-methyl/N-ethyl adjacent to an activating group) is 1. The predicted octanol–water partition coefficient (Wildman–Crippen LogP) is 0.489. The van der Waals surface area contributed by atoms with Crippen LogP contribution in [0, 0.1) is 11.3 Å². The third-order valence-electron chi connectivity index (χ3n) is 2.98. The molecule has 2 heterocycles. The van der Waals surface area contributed by atoms with E-state index in [2.05, 4.69) is 34.1 Å². The largest absolute Gasteiger partial charge is 0.354 e. The van der Waals surface area contributed by atoms with Gasteiger partial charge in [0, 0.05) is 19.1 Å². The first kappa shape index (κ1) is 10.8. The van der Waals surface area contributed by atoms with Crippen LogP contribution in [-0.4, -0.2) is 48.3 Å². The monoisotopic (exact) mass is 217 g/mol. The van der Waals surface area contributed by atoms with Crippen molar-refractivity contribution in [3.05, 3.63) is 17.8 Å². The molecule has 0 saturated carbocycles. The van der Waals surface area contributed by atoms with Crippen LogP contribution in [0.25, 0.3) is 0 Å². The molecule has 2 rings (SSSR count). The van der Waals surface area contributed by atoms with Gasteiger partial charge in [0.05, 0.1) is 0 Å². The lowest BCUT2D eigenvalue weighted by molar-refractivity contribution is 0.315. The lowest BCUT2D eigenvalue weighted by Gasteiger charge is -2.20. The van der Waals surface area contributed by atoms with Gasteiger partial charge in [-0.05, 0) is 32.6 Å². The van der Waals surface area contributed by atoms with Gasteiger partial charge in [-0.1, -0.05) is 0 Å². The fraction of sp³-hybridized carbons (Fsp3) is 0.545. The molecule has 1 aliphatic rings. The van der Waals surface area contributed by atoms with Crippen molar-refractivity contribution in [1.82, 2.24) is 15.1 Å². The summed E-state index contributed by atoms with van der Waals surface area (Å²) in [7, 11) is 4.19. The summed E-state index contributed by atoms with van der Waals surface area (Å²) in [4.78, 5) is 4.44. The topological polar surface area (TPSA) is 56.0 Å². The molecule has 16 heavy (non-hydrogen) atoms. The fourth-order valence-electron chi connectivity index (χ4n) is 1.92. The quantitative estimate of drug-likeness (QED) is 0.721. The van der Waals surface area contributed by atoms with Crippen LogP contribution in [0.3, 0.4) is 0 Å². The van der Waals surface area contributed by atoms with Crippen molar-refractivity contribution in [3.8, 4) is 6.07 Å². The van der Waals surface area contributed by atoms with Gasteiger partial charge < -0.3 is 9.80 Å². The molecule has 84 valence electrons. The Kier molecular flexibility index (Phi) is 3.02. The van der Waals surface area contributed by atoms with E-state index in [1.54, 1.807) is 6.07 Å². The Balaban J connectivity index is 2.06. The molecule has 0 N–H and O–H groups in total. The van der Waals surface area contributed by atoms with E-state index in [0.29, 0.717) is 11.7 Å². The second-order valence-electron chi connectivity index (χ2n) is 4.24. The molecule has 1 aromatic heterocycles. The minimum absolute atomic E-state index is 0.368. The Morgan fingerprint density at radius 2 is 2.25 bits per heavy atom. The summed E-state index contributed by atoms with van der Waals surface area (Å²) in [5, 5.41) is 16.5. The van der Waals surface area contributed by atoms with Gasteiger partial charge >= 0.3 is 0 Å². The average molecular weight is 217 g/mol. The van der Waals surface area contributed by atoms with Gasteiger partial charge in [-0.25, -0.2) is 0 Å². The maximum absolute atomic E-state index is 8.64. The minimum atomic E-state index is 0.368. The second-order valence-corrected chi connectivity index (χ2v) is 4.24. The van der Waals surface area contributed by atoms with Gasteiger partial charge in [0.1, 0.15) is 6.07 Å². The Morgan fingerprint density at radius 3 is 2.75 bits per heavy atom.